The molecule has 0 fully saturated rings. The zero-order chi connectivity index (χ0) is 20.2. The van der Waals surface area contributed by atoms with Crippen LogP contribution >= 0.6 is 0 Å². The highest BCUT2D eigenvalue weighted by molar-refractivity contribution is 5.80. The molecule has 6 heteroatoms. The van der Waals surface area contributed by atoms with Gasteiger partial charge in [-0.25, -0.2) is 9.36 Å². The summed E-state index contributed by atoms with van der Waals surface area (Å²) in [7, 11) is 0. The van der Waals surface area contributed by atoms with Crippen molar-refractivity contribution in [1.29, 1.82) is 0 Å². The van der Waals surface area contributed by atoms with Crippen molar-refractivity contribution in [1.82, 2.24) is 24.7 Å². The Morgan fingerprint density at radius 2 is 1.33 bits per heavy atom. The second-order valence-corrected chi connectivity index (χ2v) is 6.74. The van der Waals surface area contributed by atoms with Crippen LogP contribution in [0.3, 0.4) is 0 Å². The van der Waals surface area contributed by atoms with Crippen molar-refractivity contribution in [2.45, 2.75) is 0 Å². The van der Waals surface area contributed by atoms with Gasteiger partial charge in [0.2, 0.25) is 0 Å². The molecule has 144 valence electrons. The molecule has 0 atom stereocenters. The number of nitrogens with zero attached hydrogens (tertiary/aromatic N) is 6. The summed E-state index contributed by atoms with van der Waals surface area (Å²) in [6.07, 6.45) is 4.86. The van der Waals surface area contributed by atoms with E-state index in [1.807, 2.05) is 65.3 Å². The summed E-state index contributed by atoms with van der Waals surface area (Å²) in [6.45, 7) is 0. The maximum Gasteiger partial charge on any atom is 0.141 e. The number of benzene rings is 3. The van der Waals surface area contributed by atoms with Crippen LogP contribution in [-0.4, -0.2) is 30.9 Å². The predicted octanol–water partition coefficient (Wildman–Crippen LogP) is 4.68. The van der Waals surface area contributed by atoms with Crippen LogP contribution in [0.1, 0.15) is 5.56 Å². The summed E-state index contributed by atoms with van der Waals surface area (Å²) in [5.41, 5.74) is 6.14. The Balaban J connectivity index is 1.53. The van der Waals surface area contributed by atoms with E-state index < -0.39 is 0 Å². The molecule has 0 aliphatic rings. The lowest BCUT2D eigenvalue weighted by Crippen LogP contribution is -1.99. The second-order valence-electron chi connectivity index (χ2n) is 6.74. The van der Waals surface area contributed by atoms with Gasteiger partial charge >= 0.3 is 0 Å². The molecule has 5 rings (SSSR count). The first-order chi connectivity index (χ1) is 14.9. The van der Waals surface area contributed by atoms with E-state index >= 15 is 0 Å². The zero-order valence-corrected chi connectivity index (χ0v) is 16.1. The Bertz CT molecular complexity index is 1250. The fourth-order valence-electron chi connectivity index (χ4n) is 3.23. The van der Waals surface area contributed by atoms with Gasteiger partial charge in [-0.15, -0.1) is 10.2 Å². The molecule has 6 nitrogen and oxygen atoms in total. The van der Waals surface area contributed by atoms with Crippen molar-refractivity contribution < 1.29 is 0 Å². The van der Waals surface area contributed by atoms with Crippen LogP contribution in [0, 0.1) is 0 Å². The average molecular weight is 390 g/mol. The summed E-state index contributed by atoms with van der Waals surface area (Å²) in [6, 6.07) is 30.8. The van der Waals surface area contributed by atoms with Crippen LogP contribution in [-0.2, 0) is 0 Å². The molecule has 0 saturated heterocycles. The molecule has 0 saturated carbocycles. The molecule has 0 unspecified atom stereocenters. The van der Waals surface area contributed by atoms with Gasteiger partial charge in [-0.05, 0) is 23.8 Å². The van der Waals surface area contributed by atoms with Crippen molar-refractivity contribution >= 4 is 6.21 Å². The normalized spacial score (nSPS) is 11.2. The highest BCUT2D eigenvalue weighted by atomic mass is 15.4. The molecule has 5 aromatic rings. The van der Waals surface area contributed by atoms with Gasteiger partial charge in [0, 0.05) is 11.1 Å². The molecule has 0 radical (unpaired) electrons. The fraction of sp³-hybridized carbons (Fsp3) is 0. The largest absolute Gasteiger partial charge is 0.232 e. The lowest BCUT2D eigenvalue weighted by molar-refractivity contribution is 0.878. The molecule has 2 heterocycles. The SMILES string of the molecule is C(=Nn1cnnc1)c1ccc(-n2nc(-c3ccccc3)cc2-c2ccccc2)cc1. The Hall–Kier alpha value is -4.32. The van der Waals surface area contributed by atoms with Gasteiger partial charge in [-0.1, -0.05) is 72.8 Å². The lowest BCUT2D eigenvalue weighted by atomic mass is 10.1. The lowest BCUT2D eigenvalue weighted by Gasteiger charge is -2.08. The topological polar surface area (TPSA) is 60.9 Å². The average Bonchev–Trinajstić information content (AvgIpc) is 3.50. The molecule has 30 heavy (non-hydrogen) atoms. The molecule has 0 aliphatic heterocycles. The summed E-state index contributed by atoms with van der Waals surface area (Å²) in [5.74, 6) is 0. The van der Waals surface area contributed by atoms with E-state index in [4.69, 9.17) is 5.10 Å². The van der Waals surface area contributed by atoms with Gasteiger partial charge in [0.1, 0.15) is 12.7 Å². The van der Waals surface area contributed by atoms with Crippen LogP contribution < -0.4 is 0 Å². The van der Waals surface area contributed by atoms with E-state index in [0.717, 1.165) is 33.8 Å². The molecular weight excluding hydrogens is 372 g/mol. The minimum Gasteiger partial charge on any atom is -0.232 e. The van der Waals surface area contributed by atoms with Crippen LogP contribution in [0.4, 0.5) is 0 Å². The second kappa shape index (κ2) is 7.97. The van der Waals surface area contributed by atoms with Crippen molar-refractivity contribution in [3.05, 3.63) is 109 Å². The molecule has 3 aromatic carbocycles. The van der Waals surface area contributed by atoms with Gasteiger partial charge in [0.25, 0.3) is 0 Å². The maximum atomic E-state index is 4.91. The first-order valence-corrected chi connectivity index (χ1v) is 9.57. The highest BCUT2D eigenvalue weighted by Crippen LogP contribution is 2.28. The Morgan fingerprint density at radius 3 is 2.00 bits per heavy atom. The third-order valence-electron chi connectivity index (χ3n) is 4.73. The van der Waals surface area contributed by atoms with Gasteiger partial charge in [0.05, 0.1) is 23.3 Å². The van der Waals surface area contributed by atoms with Crippen LogP contribution in [0.25, 0.3) is 28.2 Å². The van der Waals surface area contributed by atoms with Crippen LogP contribution in [0.15, 0.2) is 109 Å². The number of hydrogen-bond donors (Lipinski definition) is 0. The third kappa shape index (κ3) is 3.66. The molecule has 0 N–H and O–H groups in total. The van der Waals surface area contributed by atoms with Crippen molar-refractivity contribution in [2.24, 2.45) is 5.10 Å². The molecule has 0 amide bonds. The van der Waals surface area contributed by atoms with E-state index in [9.17, 15) is 0 Å². The van der Waals surface area contributed by atoms with E-state index in [1.165, 1.54) is 0 Å². The standard InChI is InChI=1S/C24H18N6/c1-3-7-20(8-4-1)23-15-24(21-9-5-2-6-10-21)30(28-23)22-13-11-19(12-14-22)16-27-29-17-25-26-18-29/h1-18H. The van der Waals surface area contributed by atoms with Crippen molar-refractivity contribution in [2.75, 3.05) is 0 Å². The summed E-state index contributed by atoms with van der Waals surface area (Å²) in [5, 5.41) is 16.7. The van der Waals surface area contributed by atoms with Crippen molar-refractivity contribution in [3.8, 4) is 28.2 Å². The van der Waals surface area contributed by atoms with Gasteiger partial charge in [0.15, 0.2) is 0 Å². The highest BCUT2D eigenvalue weighted by Gasteiger charge is 2.12. The monoisotopic (exact) mass is 390 g/mol. The number of hydrogen-bond acceptors (Lipinski definition) is 4. The van der Waals surface area contributed by atoms with E-state index in [-0.39, 0.29) is 0 Å². The van der Waals surface area contributed by atoms with Crippen LogP contribution in [0.2, 0.25) is 0 Å². The smallest absolute Gasteiger partial charge is 0.141 e. The van der Waals surface area contributed by atoms with E-state index in [1.54, 1.807) is 23.5 Å². The first kappa shape index (κ1) is 17.8. The van der Waals surface area contributed by atoms with E-state index in [0.29, 0.717) is 0 Å². The molecule has 2 aromatic heterocycles. The van der Waals surface area contributed by atoms with E-state index in [2.05, 4.69) is 45.6 Å². The number of aromatic nitrogens is 5. The third-order valence-corrected chi connectivity index (χ3v) is 4.73. The maximum absolute atomic E-state index is 4.91. The Morgan fingerprint density at radius 1 is 0.700 bits per heavy atom. The first-order valence-electron chi connectivity index (χ1n) is 9.57. The molecule has 0 bridgehead atoms. The van der Waals surface area contributed by atoms with Crippen molar-refractivity contribution in [3.63, 3.8) is 0 Å². The zero-order valence-electron chi connectivity index (χ0n) is 16.1. The Labute approximate surface area is 173 Å². The quantitative estimate of drug-likeness (QED) is 0.409. The fourth-order valence-corrected chi connectivity index (χ4v) is 3.23. The predicted molar refractivity (Wildman–Crippen MR) is 117 cm³/mol. The molecule has 0 spiro atoms. The van der Waals surface area contributed by atoms with Crippen LogP contribution in [0.5, 0.6) is 0 Å². The van der Waals surface area contributed by atoms with Gasteiger partial charge in [-0.2, -0.15) is 10.2 Å². The molecular formula is C24H18N6. The summed E-state index contributed by atoms with van der Waals surface area (Å²) < 4.78 is 3.54. The van der Waals surface area contributed by atoms with Gasteiger partial charge in [-0.3, -0.25) is 0 Å². The summed E-state index contributed by atoms with van der Waals surface area (Å²) in [4.78, 5) is 0. The molecule has 0 aliphatic carbocycles. The van der Waals surface area contributed by atoms with Gasteiger partial charge < -0.3 is 0 Å². The Kier molecular flexibility index (Phi) is 4.72. The minimum absolute atomic E-state index is 0.938. The minimum atomic E-state index is 0.938. The number of rotatable bonds is 5. The summed E-state index contributed by atoms with van der Waals surface area (Å²) >= 11 is 0.